The molecule has 0 saturated heterocycles. The fraction of sp³-hybridized carbons (Fsp3) is 1.00. The molecule has 0 aromatic heterocycles. The SMILES string of the molecule is CCC(CCC(C)C1CCCCC1)C(C)(CN)CN. The van der Waals surface area contributed by atoms with Gasteiger partial charge in [-0.3, -0.25) is 0 Å². The molecule has 0 aromatic rings. The maximum absolute atomic E-state index is 5.96. The molecule has 0 amide bonds. The number of hydrogen-bond acceptors (Lipinski definition) is 2. The van der Waals surface area contributed by atoms with Crippen molar-refractivity contribution in [2.45, 2.75) is 72.1 Å². The molecule has 2 unspecified atom stereocenters. The van der Waals surface area contributed by atoms with Crippen molar-refractivity contribution < 1.29 is 0 Å². The zero-order valence-corrected chi connectivity index (χ0v) is 13.5. The summed E-state index contributed by atoms with van der Waals surface area (Å²) in [6.07, 6.45) is 11.2. The standard InChI is InChI=1S/C17H36N2/c1-4-16(17(3,12-18)13-19)11-10-14(2)15-8-6-5-7-9-15/h14-16H,4-13,18-19H2,1-3H3. The molecule has 2 atom stereocenters. The fourth-order valence-electron chi connectivity index (χ4n) is 3.87. The molecule has 19 heavy (non-hydrogen) atoms. The molecule has 0 bridgehead atoms. The van der Waals surface area contributed by atoms with Crippen LogP contribution in [-0.2, 0) is 0 Å². The number of nitrogens with two attached hydrogens (primary N) is 2. The minimum Gasteiger partial charge on any atom is -0.330 e. The molecule has 2 heteroatoms. The van der Waals surface area contributed by atoms with Gasteiger partial charge in [0.1, 0.15) is 0 Å². The molecule has 1 rings (SSSR count). The molecule has 114 valence electrons. The third-order valence-electron chi connectivity index (χ3n) is 5.84. The Labute approximate surface area is 120 Å². The molecule has 2 nitrogen and oxygen atoms in total. The van der Waals surface area contributed by atoms with Gasteiger partial charge in [-0.25, -0.2) is 0 Å². The Morgan fingerprint density at radius 2 is 1.63 bits per heavy atom. The lowest BCUT2D eigenvalue weighted by molar-refractivity contribution is 0.160. The molecule has 0 heterocycles. The van der Waals surface area contributed by atoms with E-state index in [0.717, 1.165) is 24.9 Å². The lowest BCUT2D eigenvalue weighted by Gasteiger charge is -2.37. The van der Waals surface area contributed by atoms with E-state index >= 15 is 0 Å². The minimum atomic E-state index is 0.140. The summed E-state index contributed by atoms with van der Waals surface area (Å²) < 4.78 is 0. The zero-order valence-electron chi connectivity index (χ0n) is 13.5. The highest BCUT2D eigenvalue weighted by atomic mass is 14.7. The minimum absolute atomic E-state index is 0.140. The first kappa shape index (κ1) is 17.0. The lowest BCUT2D eigenvalue weighted by atomic mass is 9.71. The van der Waals surface area contributed by atoms with Gasteiger partial charge in [-0.05, 0) is 42.7 Å². The van der Waals surface area contributed by atoms with Gasteiger partial charge in [0.25, 0.3) is 0 Å². The molecule has 1 saturated carbocycles. The molecule has 0 radical (unpaired) electrons. The predicted molar refractivity (Wildman–Crippen MR) is 85.0 cm³/mol. The van der Waals surface area contributed by atoms with Crippen LogP contribution in [-0.4, -0.2) is 13.1 Å². The maximum atomic E-state index is 5.96. The Balaban J connectivity index is 2.43. The molecule has 4 N–H and O–H groups in total. The van der Waals surface area contributed by atoms with E-state index in [1.165, 1.54) is 51.4 Å². The summed E-state index contributed by atoms with van der Waals surface area (Å²) in [6, 6.07) is 0. The van der Waals surface area contributed by atoms with Crippen LogP contribution in [0.3, 0.4) is 0 Å². The van der Waals surface area contributed by atoms with Gasteiger partial charge in [-0.1, -0.05) is 65.7 Å². The van der Waals surface area contributed by atoms with E-state index in [0.29, 0.717) is 5.92 Å². The third kappa shape index (κ3) is 4.75. The van der Waals surface area contributed by atoms with Crippen LogP contribution < -0.4 is 11.5 Å². The van der Waals surface area contributed by atoms with Crippen LogP contribution in [0, 0.1) is 23.2 Å². The van der Waals surface area contributed by atoms with Crippen molar-refractivity contribution in [3.8, 4) is 0 Å². The Morgan fingerprint density at radius 1 is 1.05 bits per heavy atom. The fourth-order valence-corrected chi connectivity index (χ4v) is 3.87. The number of hydrogen-bond donors (Lipinski definition) is 2. The predicted octanol–water partition coefficient (Wildman–Crippen LogP) is 3.93. The van der Waals surface area contributed by atoms with Gasteiger partial charge in [0.2, 0.25) is 0 Å². The summed E-state index contributed by atoms with van der Waals surface area (Å²) in [5, 5.41) is 0. The van der Waals surface area contributed by atoms with Gasteiger partial charge in [0.15, 0.2) is 0 Å². The average Bonchev–Trinajstić information content (AvgIpc) is 2.48. The zero-order chi connectivity index (χ0) is 14.3. The first-order chi connectivity index (χ1) is 9.07. The topological polar surface area (TPSA) is 52.0 Å². The van der Waals surface area contributed by atoms with Crippen LogP contribution in [0.4, 0.5) is 0 Å². The van der Waals surface area contributed by atoms with E-state index in [-0.39, 0.29) is 5.41 Å². The third-order valence-corrected chi connectivity index (χ3v) is 5.84. The first-order valence-corrected chi connectivity index (χ1v) is 8.47. The van der Waals surface area contributed by atoms with Crippen LogP contribution in [0.25, 0.3) is 0 Å². The summed E-state index contributed by atoms with van der Waals surface area (Å²) in [4.78, 5) is 0. The molecule has 0 spiro atoms. The van der Waals surface area contributed by atoms with E-state index < -0.39 is 0 Å². The quantitative estimate of drug-likeness (QED) is 0.700. The second-order valence-electron chi connectivity index (χ2n) is 7.12. The Hall–Kier alpha value is -0.0800. The lowest BCUT2D eigenvalue weighted by Crippen LogP contribution is -2.41. The smallest absolute Gasteiger partial charge is 0.000843 e. The Morgan fingerprint density at radius 3 is 2.11 bits per heavy atom. The largest absolute Gasteiger partial charge is 0.330 e. The van der Waals surface area contributed by atoms with Gasteiger partial charge >= 0.3 is 0 Å². The monoisotopic (exact) mass is 268 g/mol. The Kier molecular flexibility index (Phi) is 7.38. The second-order valence-corrected chi connectivity index (χ2v) is 7.12. The molecule has 0 aliphatic heterocycles. The van der Waals surface area contributed by atoms with Gasteiger partial charge in [0, 0.05) is 0 Å². The number of rotatable bonds is 8. The highest BCUT2D eigenvalue weighted by molar-refractivity contribution is 4.84. The van der Waals surface area contributed by atoms with Crippen molar-refractivity contribution in [1.29, 1.82) is 0 Å². The van der Waals surface area contributed by atoms with Gasteiger partial charge in [-0.15, -0.1) is 0 Å². The molecule has 1 fully saturated rings. The van der Waals surface area contributed by atoms with E-state index in [1.807, 2.05) is 0 Å². The average molecular weight is 268 g/mol. The van der Waals surface area contributed by atoms with Crippen LogP contribution >= 0.6 is 0 Å². The van der Waals surface area contributed by atoms with Crippen molar-refractivity contribution in [1.82, 2.24) is 0 Å². The molecular weight excluding hydrogens is 232 g/mol. The van der Waals surface area contributed by atoms with E-state index in [4.69, 9.17) is 11.5 Å². The van der Waals surface area contributed by atoms with Crippen molar-refractivity contribution in [3.05, 3.63) is 0 Å². The van der Waals surface area contributed by atoms with E-state index in [2.05, 4.69) is 20.8 Å². The van der Waals surface area contributed by atoms with Gasteiger partial charge in [0.05, 0.1) is 0 Å². The first-order valence-electron chi connectivity index (χ1n) is 8.47. The molecular formula is C17H36N2. The summed E-state index contributed by atoms with van der Waals surface area (Å²) >= 11 is 0. The van der Waals surface area contributed by atoms with Gasteiger partial charge < -0.3 is 11.5 Å². The molecule has 0 aromatic carbocycles. The van der Waals surface area contributed by atoms with Crippen molar-refractivity contribution in [2.24, 2.45) is 34.6 Å². The Bertz CT molecular complexity index is 229. The highest BCUT2D eigenvalue weighted by Gasteiger charge is 2.31. The van der Waals surface area contributed by atoms with Crippen molar-refractivity contribution >= 4 is 0 Å². The highest BCUT2D eigenvalue weighted by Crippen LogP contribution is 2.36. The van der Waals surface area contributed by atoms with Crippen LogP contribution in [0.5, 0.6) is 0 Å². The summed E-state index contributed by atoms with van der Waals surface area (Å²) in [7, 11) is 0. The summed E-state index contributed by atoms with van der Waals surface area (Å²) in [5.74, 6) is 2.55. The van der Waals surface area contributed by atoms with Gasteiger partial charge in [-0.2, -0.15) is 0 Å². The summed E-state index contributed by atoms with van der Waals surface area (Å²) in [5.41, 5.74) is 12.1. The maximum Gasteiger partial charge on any atom is -0.000843 e. The second kappa shape index (κ2) is 8.26. The van der Waals surface area contributed by atoms with Crippen molar-refractivity contribution in [2.75, 3.05) is 13.1 Å². The van der Waals surface area contributed by atoms with E-state index in [9.17, 15) is 0 Å². The summed E-state index contributed by atoms with van der Waals surface area (Å²) in [6.45, 7) is 8.47. The van der Waals surface area contributed by atoms with Crippen LogP contribution in [0.1, 0.15) is 72.1 Å². The van der Waals surface area contributed by atoms with Crippen LogP contribution in [0.2, 0.25) is 0 Å². The molecule has 1 aliphatic carbocycles. The normalized spacial score (nSPS) is 21.3. The van der Waals surface area contributed by atoms with Crippen LogP contribution in [0.15, 0.2) is 0 Å². The van der Waals surface area contributed by atoms with Crippen molar-refractivity contribution in [3.63, 3.8) is 0 Å². The molecule has 1 aliphatic rings. The van der Waals surface area contributed by atoms with E-state index in [1.54, 1.807) is 0 Å².